The number of carbonyl (C=O) groups is 2. The molecule has 0 saturated heterocycles. The lowest BCUT2D eigenvalue weighted by Crippen LogP contribution is -2.25. The van der Waals surface area contributed by atoms with E-state index in [2.05, 4.69) is 12.1 Å². The van der Waals surface area contributed by atoms with Gasteiger partial charge < -0.3 is 14.6 Å². The van der Waals surface area contributed by atoms with Gasteiger partial charge in [0.05, 0.1) is 6.61 Å². The Hall–Kier alpha value is -1.88. The monoisotopic (exact) mass is 350 g/mol. The van der Waals surface area contributed by atoms with Gasteiger partial charge in [-0.25, -0.2) is 4.79 Å². The predicted molar refractivity (Wildman–Crippen MR) is 96.0 cm³/mol. The highest BCUT2D eigenvalue weighted by molar-refractivity contribution is 5.74. The largest absolute Gasteiger partial charge is 0.464 e. The maximum atomic E-state index is 11.7. The van der Waals surface area contributed by atoms with Crippen molar-refractivity contribution < 1.29 is 24.2 Å². The molecule has 1 unspecified atom stereocenters. The van der Waals surface area contributed by atoms with Crippen molar-refractivity contribution in [3.8, 4) is 0 Å². The molecule has 0 radical (unpaired) electrons. The summed E-state index contributed by atoms with van der Waals surface area (Å²) >= 11 is 0. The van der Waals surface area contributed by atoms with E-state index in [1.807, 2.05) is 18.2 Å². The second kappa shape index (κ2) is 10.9. The average molecular weight is 350 g/mol. The van der Waals surface area contributed by atoms with Crippen LogP contribution in [0.4, 0.5) is 0 Å². The topological polar surface area (TPSA) is 72.8 Å². The molecule has 25 heavy (non-hydrogen) atoms. The highest BCUT2D eigenvalue weighted by Crippen LogP contribution is 2.10. The number of esters is 2. The summed E-state index contributed by atoms with van der Waals surface area (Å²) in [4.78, 5) is 23.2. The quantitative estimate of drug-likeness (QED) is 0.517. The molecule has 1 N–H and O–H groups in total. The van der Waals surface area contributed by atoms with Crippen LogP contribution in [0, 0.1) is 0 Å². The minimum absolute atomic E-state index is 0.110. The van der Waals surface area contributed by atoms with E-state index < -0.39 is 17.7 Å². The smallest absolute Gasteiger partial charge is 0.334 e. The lowest BCUT2D eigenvalue weighted by Gasteiger charge is -2.19. The molecule has 1 aromatic carbocycles. The molecule has 0 heterocycles. The number of aryl methyl sites for hydroxylation is 1. The number of hydrogen-bond acceptors (Lipinski definition) is 5. The first kappa shape index (κ1) is 21.2. The Morgan fingerprint density at radius 3 is 2.40 bits per heavy atom. The molecular weight excluding hydrogens is 320 g/mol. The molecule has 0 aliphatic heterocycles. The van der Waals surface area contributed by atoms with Crippen molar-refractivity contribution in [2.75, 3.05) is 6.61 Å². The molecule has 0 amide bonds. The first-order valence-corrected chi connectivity index (χ1v) is 8.88. The molecule has 5 nitrogen and oxygen atoms in total. The van der Waals surface area contributed by atoms with Crippen molar-refractivity contribution in [3.63, 3.8) is 0 Å². The van der Waals surface area contributed by atoms with Gasteiger partial charge in [-0.3, -0.25) is 4.79 Å². The summed E-state index contributed by atoms with van der Waals surface area (Å²) < 4.78 is 10.2. The van der Waals surface area contributed by atoms with Crippen LogP contribution < -0.4 is 0 Å². The molecule has 0 fully saturated rings. The maximum Gasteiger partial charge on any atom is 0.334 e. The van der Waals surface area contributed by atoms with E-state index >= 15 is 0 Å². The predicted octanol–water partition coefficient (Wildman–Crippen LogP) is 3.43. The lowest BCUT2D eigenvalue weighted by molar-refractivity contribution is -0.158. The van der Waals surface area contributed by atoms with Crippen LogP contribution in [-0.2, 0) is 25.5 Å². The van der Waals surface area contributed by atoms with Gasteiger partial charge in [0.2, 0.25) is 0 Å². The van der Waals surface area contributed by atoms with Crippen LogP contribution in [0.2, 0.25) is 0 Å². The summed E-state index contributed by atoms with van der Waals surface area (Å²) in [6.45, 7) is 5.52. The molecule has 0 saturated carbocycles. The highest BCUT2D eigenvalue weighted by Gasteiger charge is 2.18. The van der Waals surface area contributed by atoms with E-state index in [0.29, 0.717) is 12.8 Å². The van der Waals surface area contributed by atoms with Crippen molar-refractivity contribution in [2.45, 2.75) is 71.0 Å². The minimum Gasteiger partial charge on any atom is -0.464 e. The van der Waals surface area contributed by atoms with E-state index in [-0.39, 0.29) is 19.0 Å². The Morgan fingerprint density at radius 1 is 1.08 bits per heavy atom. The maximum absolute atomic E-state index is 11.7. The van der Waals surface area contributed by atoms with Crippen LogP contribution >= 0.6 is 0 Å². The van der Waals surface area contributed by atoms with Crippen molar-refractivity contribution in [1.29, 1.82) is 0 Å². The second-order valence-corrected chi connectivity index (χ2v) is 7.10. The van der Waals surface area contributed by atoms with Crippen molar-refractivity contribution in [2.24, 2.45) is 0 Å². The third kappa shape index (κ3) is 10.6. The van der Waals surface area contributed by atoms with Gasteiger partial charge in [0.15, 0.2) is 6.10 Å². The highest BCUT2D eigenvalue weighted by atomic mass is 16.6. The van der Waals surface area contributed by atoms with Gasteiger partial charge in [-0.2, -0.15) is 0 Å². The molecule has 0 bridgehead atoms. The fourth-order valence-corrected chi connectivity index (χ4v) is 2.31. The molecular formula is C20H30O5. The van der Waals surface area contributed by atoms with Gasteiger partial charge in [-0.05, 0) is 58.4 Å². The van der Waals surface area contributed by atoms with Gasteiger partial charge in [-0.15, -0.1) is 0 Å². The number of unbranched alkanes of at least 4 members (excludes halogenated alkanes) is 1. The summed E-state index contributed by atoms with van der Waals surface area (Å²) in [6, 6.07) is 10.1. The van der Waals surface area contributed by atoms with Gasteiger partial charge >= 0.3 is 11.9 Å². The Bertz CT molecular complexity index is 519. The third-order valence-electron chi connectivity index (χ3n) is 3.50. The molecule has 0 spiro atoms. The van der Waals surface area contributed by atoms with Gasteiger partial charge in [0, 0.05) is 6.42 Å². The van der Waals surface area contributed by atoms with Crippen LogP contribution in [0.1, 0.15) is 58.4 Å². The normalized spacial score (nSPS) is 12.5. The van der Waals surface area contributed by atoms with Crippen LogP contribution in [0.3, 0.4) is 0 Å². The number of hydrogen-bond donors (Lipinski definition) is 1. The number of aliphatic hydroxyl groups is 1. The van der Waals surface area contributed by atoms with E-state index in [4.69, 9.17) is 9.47 Å². The summed E-state index contributed by atoms with van der Waals surface area (Å²) in [6.07, 6.45) is 2.46. The van der Waals surface area contributed by atoms with Crippen molar-refractivity contribution in [3.05, 3.63) is 35.9 Å². The van der Waals surface area contributed by atoms with Crippen LogP contribution in [0.5, 0.6) is 0 Å². The van der Waals surface area contributed by atoms with Crippen LogP contribution in [-0.4, -0.2) is 35.4 Å². The van der Waals surface area contributed by atoms with Gasteiger partial charge in [0.25, 0.3) is 0 Å². The number of carbonyl (C=O) groups excluding carboxylic acids is 2. The summed E-state index contributed by atoms with van der Waals surface area (Å²) in [7, 11) is 0. The number of benzene rings is 1. The van der Waals surface area contributed by atoms with Crippen LogP contribution in [0.15, 0.2) is 30.3 Å². The van der Waals surface area contributed by atoms with Gasteiger partial charge in [-0.1, -0.05) is 30.3 Å². The van der Waals surface area contributed by atoms with E-state index in [9.17, 15) is 14.7 Å². The molecule has 140 valence electrons. The minimum atomic E-state index is -1.10. The second-order valence-electron chi connectivity index (χ2n) is 7.10. The zero-order chi connectivity index (χ0) is 18.7. The summed E-state index contributed by atoms with van der Waals surface area (Å²) in [5.41, 5.74) is 0.741. The SMILES string of the molecule is CC(C)(C)OC(=O)CCCOC(=O)C(O)CCCCc1ccccc1. The molecule has 0 aromatic heterocycles. The molecule has 1 aromatic rings. The fourth-order valence-electron chi connectivity index (χ4n) is 2.31. The number of rotatable bonds is 10. The molecule has 1 rings (SSSR count). The zero-order valence-corrected chi connectivity index (χ0v) is 15.5. The van der Waals surface area contributed by atoms with E-state index in [0.717, 1.165) is 19.3 Å². The van der Waals surface area contributed by atoms with Gasteiger partial charge in [0.1, 0.15) is 5.60 Å². The van der Waals surface area contributed by atoms with E-state index in [1.165, 1.54) is 5.56 Å². The van der Waals surface area contributed by atoms with Crippen molar-refractivity contribution in [1.82, 2.24) is 0 Å². The first-order valence-electron chi connectivity index (χ1n) is 8.88. The number of ether oxygens (including phenoxy) is 2. The Morgan fingerprint density at radius 2 is 1.76 bits per heavy atom. The molecule has 0 aliphatic rings. The molecule has 0 aliphatic carbocycles. The lowest BCUT2D eigenvalue weighted by atomic mass is 10.1. The summed E-state index contributed by atoms with van der Waals surface area (Å²) in [5, 5.41) is 9.81. The number of aliphatic hydroxyl groups excluding tert-OH is 1. The average Bonchev–Trinajstić information content (AvgIpc) is 2.54. The molecule has 1 atom stereocenters. The Balaban J connectivity index is 2.08. The third-order valence-corrected chi connectivity index (χ3v) is 3.50. The summed E-state index contributed by atoms with van der Waals surface area (Å²) in [5.74, 6) is -0.936. The Kier molecular flexibility index (Phi) is 9.21. The Labute approximate surface area is 150 Å². The van der Waals surface area contributed by atoms with E-state index in [1.54, 1.807) is 20.8 Å². The standard InChI is InChI=1S/C20H30O5/c1-20(2,3)25-18(22)14-9-15-24-19(23)17(21)13-8-7-12-16-10-5-4-6-11-16/h4-6,10-11,17,21H,7-9,12-15H2,1-3H3. The first-order chi connectivity index (χ1) is 11.8. The van der Waals surface area contributed by atoms with Crippen LogP contribution in [0.25, 0.3) is 0 Å². The fraction of sp³-hybridized carbons (Fsp3) is 0.600. The van der Waals surface area contributed by atoms with Crippen molar-refractivity contribution >= 4 is 11.9 Å². The molecule has 5 heteroatoms. The zero-order valence-electron chi connectivity index (χ0n) is 15.5.